The van der Waals surface area contributed by atoms with Gasteiger partial charge in [-0.1, -0.05) is 37.5 Å². The van der Waals surface area contributed by atoms with Gasteiger partial charge in [0.25, 0.3) is 0 Å². The minimum absolute atomic E-state index is 0.115. The van der Waals surface area contributed by atoms with E-state index in [1.165, 1.54) is 37.6 Å². The Bertz CT molecular complexity index is 651. The van der Waals surface area contributed by atoms with E-state index >= 15 is 0 Å². The van der Waals surface area contributed by atoms with Crippen LogP contribution < -0.4 is 0 Å². The van der Waals surface area contributed by atoms with Crippen LogP contribution in [0.3, 0.4) is 0 Å². The van der Waals surface area contributed by atoms with Crippen LogP contribution in [0.25, 0.3) is 10.9 Å². The summed E-state index contributed by atoms with van der Waals surface area (Å²) in [7, 11) is 0. The SMILES string of the molecule is Cc1c(CC(=O)O)c2ccccc2n1CC1CCCCC1. The van der Waals surface area contributed by atoms with E-state index in [4.69, 9.17) is 0 Å². The Morgan fingerprint density at radius 2 is 1.95 bits per heavy atom. The third-order valence-electron chi connectivity index (χ3n) is 4.86. The zero-order valence-electron chi connectivity index (χ0n) is 12.6. The number of para-hydroxylation sites is 1. The van der Waals surface area contributed by atoms with Gasteiger partial charge in [0.2, 0.25) is 0 Å². The molecule has 0 bridgehead atoms. The Hall–Kier alpha value is -1.77. The van der Waals surface area contributed by atoms with Crippen LogP contribution in [0.15, 0.2) is 24.3 Å². The number of hydrogen-bond acceptors (Lipinski definition) is 1. The van der Waals surface area contributed by atoms with Crippen molar-refractivity contribution in [2.24, 2.45) is 5.92 Å². The number of hydrogen-bond donors (Lipinski definition) is 1. The fourth-order valence-corrected chi connectivity index (χ4v) is 3.74. The van der Waals surface area contributed by atoms with Crippen molar-refractivity contribution in [3.63, 3.8) is 0 Å². The quantitative estimate of drug-likeness (QED) is 0.916. The van der Waals surface area contributed by atoms with Crippen LogP contribution >= 0.6 is 0 Å². The lowest BCUT2D eigenvalue weighted by Gasteiger charge is -2.23. The second-order valence-electron chi connectivity index (χ2n) is 6.27. The van der Waals surface area contributed by atoms with Gasteiger partial charge in [0.15, 0.2) is 0 Å². The summed E-state index contributed by atoms with van der Waals surface area (Å²) in [4.78, 5) is 11.2. The molecule has 1 aliphatic carbocycles. The lowest BCUT2D eigenvalue weighted by Crippen LogP contribution is -2.15. The summed E-state index contributed by atoms with van der Waals surface area (Å²) in [6, 6.07) is 8.22. The highest BCUT2D eigenvalue weighted by molar-refractivity contribution is 5.89. The number of rotatable bonds is 4. The predicted molar refractivity (Wildman–Crippen MR) is 84.6 cm³/mol. The molecule has 0 amide bonds. The molecule has 1 aliphatic rings. The summed E-state index contributed by atoms with van der Waals surface area (Å²) in [5.74, 6) is -0.00963. The van der Waals surface area contributed by atoms with E-state index in [1.807, 2.05) is 12.1 Å². The van der Waals surface area contributed by atoms with Crippen molar-refractivity contribution in [3.8, 4) is 0 Å². The maximum Gasteiger partial charge on any atom is 0.307 e. The molecule has 3 rings (SSSR count). The average molecular weight is 285 g/mol. The number of carbonyl (C=O) groups is 1. The van der Waals surface area contributed by atoms with Gasteiger partial charge in [-0.3, -0.25) is 4.79 Å². The number of carboxylic acids is 1. The molecular weight excluding hydrogens is 262 g/mol. The van der Waals surface area contributed by atoms with E-state index in [0.717, 1.165) is 29.1 Å². The highest BCUT2D eigenvalue weighted by atomic mass is 16.4. The minimum Gasteiger partial charge on any atom is -0.481 e. The van der Waals surface area contributed by atoms with Crippen molar-refractivity contribution in [2.75, 3.05) is 0 Å². The van der Waals surface area contributed by atoms with Gasteiger partial charge in [0.05, 0.1) is 6.42 Å². The summed E-state index contributed by atoms with van der Waals surface area (Å²) in [6.07, 6.45) is 6.77. The van der Waals surface area contributed by atoms with Crippen LogP contribution in [0.4, 0.5) is 0 Å². The Morgan fingerprint density at radius 1 is 1.24 bits per heavy atom. The molecule has 0 aliphatic heterocycles. The molecule has 1 N–H and O–H groups in total. The van der Waals surface area contributed by atoms with E-state index < -0.39 is 5.97 Å². The summed E-state index contributed by atoms with van der Waals surface area (Å²) in [6.45, 7) is 3.10. The van der Waals surface area contributed by atoms with Crippen molar-refractivity contribution in [1.29, 1.82) is 0 Å². The third-order valence-corrected chi connectivity index (χ3v) is 4.86. The maximum absolute atomic E-state index is 11.2. The van der Waals surface area contributed by atoms with Crippen LogP contribution in [-0.2, 0) is 17.8 Å². The van der Waals surface area contributed by atoms with Crippen LogP contribution in [0, 0.1) is 12.8 Å². The Labute approximate surface area is 125 Å². The van der Waals surface area contributed by atoms with Gasteiger partial charge in [0, 0.05) is 23.1 Å². The summed E-state index contributed by atoms with van der Waals surface area (Å²) in [5, 5.41) is 10.3. The number of benzene rings is 1. The van der Waals surface area contributed by atoms with Gasteiger partial charge in [-0.05, 0) is 37.3 Å². The van der Waals surface area contributed by atoms with Crippen molar-refractivity contribution in [2.45, 2.75) is 52.0 Å². The predicted octanol–water partition coefficient (Wildman–Crippen LogP) is 4.16. The molecule has 0 unspecified atom stereocenters. The van der Waals surface area contributed by atoms with Crippen molar-refractivity contribution in [1.82, 2.24) is 4.57 Å². The molecule has 3 nitrogen and oxygen atoms in total. The molecule has 3 heteroatoms. The van der Waals surface area contributed by atoms with Gasteiger partial charge in [-0.15, -0.1) is 0 Å². The zero-order chi connectivity index (χ0) is 14.8. The van der Waals surface area contributed by atoms with Crippen molar-refractivity contribution in [3.05, 3.63) is 35.5 Å². The molecule has 0 spiro atoms. The van der Waals surface area contributed by atoms with E-state index in [-0.39, 0.29) is 6.42 Å². The highest BCUT2D eigenvalue weighted by Crippen LogP contribution is 2.31. The molecule has 1 fully saturated rings. The topological polar surface area (TPSA) is 42.2 Å². The van der Waals surface area contributed by atoms with Crippen LogP contribution in [-0.4, -0.2) is 15.6 Å². The van der Waals surface area contributed by atoms with E-state index in [0.29, 0.717) is 0 Å². The Morgan fingerprint density at radius 3 is 2.67 bits per heavy atom. The average Bonchev–Trinajstić information content (AvgIpc) is 2.74. The van der Waals surface area contributed by atoms with Crippen LogP contribution in [0.2, 0.25) is 0 Å². The first-order valence-corrected chi connectivity index (χ1v) is 7.95. The lowest BCUT2D eigenvalue weighted by atomic mass is 9.89. The second kappa shape index (κ2) is 5.92. The largest absolute Gasteiger partial charge is 0.481 e. The smallest absolute Gasteiger partial charge is 0.307 e. The van der Waals surface area contributed by atoms with Gasteiger partial charge in [-0.25, -0.2) is 0 Å². The fraction of sp³-hybridized carbons (Fsp3) is 0.500. The Balaban J connectivity index is 2.00. The Kier molecular flexibility index (Phi) is 4.00. The number of aliphatic carboxylic acids is 1. The standard InChI is InChI=1S/C18H23NO2/c1-13-16(11-18(20)21)15-9-5-6-10-17(15)19(13)12-14-7-3-2-4-8-14/h5-6,9-10,14H,2-4,7-8,11-12H2,1H3,(H,20,21). The first-order valence-electron chi connectivity index (χ1n) is 7.95. The van der Waals surface area contributed by atoms with Crippen LogP contribution in [0.5, 0.6) is 0 Å². The van der Waals surface area contributed by atoms with E-state index in [2.05, 4.69) is 23.6 Å². The third kappa shape index (κ3) is 2.82. The molecule has 0 saturated heterocycles. The number of carboxylic acid groups (broad SMARTS) is 1. The van der Waals surface area contributed by atoms with Crippen molar-refractivity contribution >= 4 is 16.9 Å². The number of aromatic nitrogens is 1. The normalized spacial score (nSPS) is 16.4. The van der Waals surface area contributed by atoms with Gasteiger partial charge >= 0.3 is 5.97 Å². The van der Waals surface area contributed by atoms with E-state index in [9.17, 15) is 9.90 Å². The summed E-state index contributed by atoms with van der Waals surface area (Å²) < 4.78 is 2.35. The maximum atomic E-state index is 11.2. The molecule has 1 saturated carbocycles. The minimum atomic E-state index is -0.751. The molecule has 112 valence electrons. The molecule has 2 aromatic rings. The molecule has 1 heterocycles. The first-order chi connectivity index (χ1) is 10.2. The van der Waals surface area contributed by atoms with Gasteiger partial charge < -0.3 is 9.67 Å². The van der Waals surface area contributed by atoms with Crippen molar-refractivity contribution < 1.29 is 9.90 Å². The fourth-order valence-electron chi connectivity index (χ4n) is 3.74. The molecule has 0 radical (unpaired) electrons. The van der Waals surface area contributed by atoms with Gasteiger partial charge in [0.1, 0.15) is 0 Å². The molecule has 0 atom stereocenters. The molecule has 1 aromatic carbocycles. The molecular formula is C18H23NO2. The number of fused-ring (bicyclic) bond motifs is 1. The lowest BCUT2D eigenvalue weighted by molar-refractivity contribution is -0.136. The zero-order valence-corrected chi connectivity index (χ0v) is 12.6. The highest BCUT2D eigenvalue weighted by Gasteiger charge is 2.20. The molecule has 21 heavy (non-hydrogen) atoms. The monoisotopic (exact) mass is 285 g/mol. The van der Waals surface area contributed by atoms with E-state index in [1.54, 1.807) is 0 Å². The number of nitrogens with zero attached hydrogens (tertiary/aromatic N) is 1. The second-order valence-corrected chi connectivity index (χ2v) is 6.27. The van der Waals surface area contributed by atoms with Gasteiger partial charge in [-0.2, -0.15) is 0 Å². The molecule has 1 aromatic heterocycles. The van der Waals surface area contributed by atoms with Crippen LogP contribution in [0.1, 0.15) is 43.4 Å². The summed E-state index contributed by atoms with van der Waals surface area (Å²) in [5.41, 5.74) is 3.30. The summed E-state index contributed by atoms with van der Waals surface area (Å²) >= 11 is 0. The first kappa shape index (κ1) is 14.2.